The molecule has 0 spiro atoms. The Hall–Kier alpha value is -2.89. The lowest BCUT2D eigenvalue weighted by molar-refractivity contribution is 0.0984. The minimum atomic E-state index is -3.36. The summed E-state index contributed by atoms with van der Waals surface area (Å²) in [7, 11) is 4.95. The van der Waals surface area contributed by atoms with Crippen molar-refractivity contribution in [1.82, 2.24) is 9.88 Å². The van der Waals surface area contributed by atoms with Crippen LogP contribution in [0.1, 0.15) is 10.4 Å². The number of anilines is 1. The van der Waals surface area contributed by atoms with Crippen molar-refractivity contribution in [2.75, 3.05) is 59.7 Å². The summed E-state index contributed by atoms with van der Waals surface area (Å²) in [6, 6.07) is 7.95. The average molecular weight is 494 g/mol. The molecule has 0 atom stereocenters. The summed E-state index contributed by atoms with van der Waals surface area (Å²) in [5, 5.41) is 0.469. The molecule has 0 saturated carbocycles. The van der Waals surface area contributed by atoms with E-state index in [1.807, 2.05) is 19.0 Å². The van der Waals surface area contributed by atoms with Crippen LogP contribution in [0, 0.1) is 0 Å². The van der Waals surface area contributed by atoms with E-state index in [-0.39, 0.29) is 10.8 Å². The number of carbonyl (C=O) groups is 1. The number of amides is 1. The maximum Gasteiger partial charge on any atom is 0.260 e. The fourth-order valence-electron chi connectivity index (χ4n) is 3.18. The molecular formula is C22H27N3O6S2. The van der Waals surface area contributed by atoms with E-state index in [1.54, 1.807) is 29.2 Å². The van der Waals surface area contributed by atoms with Gasteiger partial charge in [-0.25, -0.2) is 13.4 Å². The topological polar surface area (TPSA) is 98.3 Å². The summed E-state index contributed by atoms with van der Waals surface area (Å²) < 4.78 is 40.7. The molecule has 9 nitrogen and oxygen atoms in total. The van der Waals surface area contributed by atoms with Gasteiger partial charge in [-0.15, -0.1) is 0 Å². The maximum atomic E-state index is 13.6. The molecule has 178 valence electrons. The lowest BCUT2D eigenvalue weighted by Gasteiger charge is -2.23. The monoisotopic (exact) mass is 493 g/mol. The van der Waals surface area contributed by atoms with Crippen molar-refractivity contribution in [3.8, 4) is 17.2 Å². The number of methoxy groups -OCH3 is 3. The number of aromatic nitrogens is 1. The van der Waals surface area contributed by atoms with Gasteiger partial charge in [0, 0.05) is 24.9 Å². The van der Waals surface area contributed by atoms with Gasteiger partial charge in [0.1, 0.15) is 0 Å². The molecule has 0 aliphatic rings. The summed E-state index contributed by atoms with van der Waals surface area (Å²) >= 11 is 1.26. The Labute approximate surface area is 197 Å². The average Bonchev–Trinajstić information content (AvgIpc) is 3.20. The molecule has 0 fully saturated rings. The van der Waals surface area contributed by atoms with Gasteiger partial charge in [-0.2, -0.15) is 0 Å². The molecule has 3 rings (SSSR count). The SMILES string of the molecule is COc1cc(C(=O)N(CCN(C)C)c2nc3ccc(S(C)(=O)=O)cc3s2)cc(OC)c1OC. The molecule has 1 aromatic heterocycles. The molecular weight excluding hydrogens is 466 g/mol. The third-order valence-electron chi connectivity index (χ3n) is 4.94. The number of fused-ring (bicyclic) bond motifs is 1. The number of hydrogen-bond donors (Lipinski definition) is 0. The summed E-state index contributed by atoms with van der Waals surface area (Å²) in [6.07, 6.45) is 1.16. The highest BCUT2D eigenvalue weighted by Crippen LogP contribution is 2.39. The van der Waals surface area contributed by atoms with Crippen molar-refractivity contribution in [2.45, 2.75) is 4.90 Å². The van der Waals surface area contributed by atoms with Crippen LogP contribution in [0.4, 0.5) is 5.13 Å². The summed E-state index contributed by atoms with van der Waals surface area (Å²) in [5.41, 5.74) is 0.967. The molecule has 3 aromatic rings. The van der Waals surface area contributed by atoms with Gasteiger partial charge in [0.05, 0.1) is 36.4 Å². The Balaban J connectivity index is 2.09. The van der Waals surface area contributed by atoms with Gasteiger partial charge in [0.15, 0.2) is 26.5 Å². The zero-order valence-electron chi connectivity index (χ0n) is 19.4. The normalized spacial score (nSPS) is 11.6. The van der Waals surface area contributed by atoms with E-state index in [1.165, 1.54) is 38.7 Å². The smallest absolute Gasteiger partial charge is 0.260 e. The van der Waals surface area contributed by atoms with Gasteiger partial charge in [0.2, 0.25) is 5.75 Å². The summed E-state index contributed by atoms with van der Waals surface area (Å²) in [5.74, 6) is 0.841. The molecule has 0 aliphatic carbocycles. The summed E-state index contributed by atoms with van der Waals surface area (Å²) in [6.45, 7) is 0.974. The van der Waals surface area contributed by atoms with Crippen LogP contribution in [0.25, 0.3) is 10.2 Å². The van der Waals surface area contributed by atoms with Gasteiger partial charge < -0.3 is 19.1 Å². The quantitative estimate of drug-likeness (QED) is 0.449. The zero-order valence-corrected chi connectivity index (χ0v) is 21.0. The van der Waals surface area contributed by atoms with Crippen LogP contribution >= 0.6 is 11.3 Å². The van der Waals surface area contributed by atoms with Crippen molar-refractivity contribution in [1.29, 1.82) is 0 Å². The highest BCUT2D eigenvalue weighted by molar-refractivity contribution is 7.90. The van der Waals surface area contributed by atoms with Crippen LogP contribution in [0.15, 0.2) is 35.2 Å². The Kier molecular flexibility index (Phi) is 7.45. The van der Waals surface area contributed by atoms with Crippen LogP contribution < -0.4 is 19.1 Å². The molecule has 0 radical (unpaired) electrons. The minimum Gasteiger partial charge on any atom is -0.493 e. The first-order chi connectivity index (χ1) is 15.6. The van der Waals surface area contributed by atoms with Gasteiger partial charge in [-0.1, -0.05) is 11.3 Å². The Morgan fingerprint density at radius 2 is 1.64 bits per heavy atom. The number of nitrogens with zero attached hydrogens (tertiary/aromatic N) is 3. The molecule has 1 amide bonds. The molecule has 0 N–H and O–H groups in total. The number of carbonyl (C=O) groups excluding carboxylic acids is 1. The number of sulfone groups is 1. The first-order valence-corrected chi connectivity index (χ1v) is 12.7. The van der Waals surface area contributed by atoms with Gasteiger partial charge >= 0.3 is 0 Å². The molecule has 1 heterocycles. The minimum absolute atomic E-state index is 0.209. The third kappa shape index (κ3) is 5.37. The zero-order chi connectivity index (χ0) is 24.3. The van der Waals surface area contributed by atoms with E-state index in [2.05, 4.69) is 4.98 Å². The Morgan fingerprint density at radius 3 is 2.15 bits per heavy atom. The number of benzene rings is 2. The largest absolute Gasteiger partial charge is 0.493 e. The maximum absolute atomic E-state index is 13.6. The van der Waals surface area contributed by atoms with Crippen molar-refractivity contribution >= 4 is 42.4 Å². The van der Waals surface area contributed by atoms with Gasteiger partial charge in [0.25, 0.3) is 5.91 Å². The fourth-order valence-corrected chi connectivity index (χ4v) is 4.93. The second-order valence-corrected chi connectivity index (χ2v) is 10.6. The molecule has 0 unspecified atom stereocenters. The van der Waals surface area contributed by atoms with Crippen molar-refractivity contribution in [3.63, 3.8) is 0 Å². The molecule has 2 aromatic carbocycles. The highest BCUT2D eigenvalue weighted by Gasteiger charge is 2.25. The fraction of sp³-hybridized carbons (Fsp3) is 0.364. The Bertz CT molecular complexity index is 1250. The number of rotatable bonds is 9. The molecule has 11 heteroatoms. The number of hydrogen-bond acceptors (Lipinski definition) is 9. The van der Waals surface area contributed by atoms with E-state index >= 15 is 0 Å². The van der Waals surface area contributed by atoms with Crippen LogP contribution in [0.5, 0.6) is 17.2 Å². The van der Waals surface area contributed by atoms with Crippen molar-refractivity contribution in [3.05, 3.63) is 35.9 Å². The van der Waals surface area contributed by atoms with Crippen LogP contribution in [-0.2, 0) is 9.84 Å². The second-order valence-electron chi connectivity index (χ2n) is 7.57. The van der Waals surface area contributed by atoms with Gasteiger partial charge in [-0.05, 0) is 44.4 Å². The number of thiazole rings is 1. The van der Waals surface area contributed by atoms with Crippen molar-refractivity contribution < 1.29 is 27.4 Å². The molecule has 0 aliphatic heterocycles. The number of ether oxygens (including phenoxy) is 3. The van der Waals surface area contributed by atoms with E-state index in [0.717, 1.165) is 6.26 Å². The lowest BCUT2D eigenvalue weighted by atomic mass is 10.1. The Morgan fingerprint density at radius 1 is 1.00 bits per heavy atom. The van der Waals surface area contributed by atoms with E-state index < -0.39 is 9.84 Å². The third-order valence-corrected chi connectivity index (χ3v) is 7.09. The van der Waals surface area contributed by atoms with E-state index in [0.29, 0.717) is 51.2 Å². The first-order valence-electron chi connectivity index (χ1n) is 9.96. The summed E-state index contributed by atoms with van der Waals surface area (Å²) in [4.78, 5) is 22.0. The second kappa shape index (κ2) is 9.94. The predicted molar refractivity (Wildman–Crippen MR) is 129 cm³/mol. The van der Waals surface area contributed by atoms with Crippen molar-refractivity contribution in [2.24, 2.45) is 0 Å². The van der Waals surface area contributed by atoms with Crippen LogP contribution in [0.3, 0.4) is 0 Å². The molecule has 0 bridgehead atoms. The van der Waals surface area contributed by atoms with E-state index in [4.69, 9.17) is 14.2 Å². The standard InChI is InChI=1S/C22H27N3O6S2/c1-24(2)9-10-25(21(26)14-11-17(29-3)20(31-5)18(12-14)30-4)22-23-16-8-7-15(33(6,27)28)13-19(16)32-22/h7-8,11-13H,9-10H2,1-6H3. The lowest BCUT2D eigenvalue weighted by Crippen LogP contribution is -2.36. The molecule has 33 heavy (non-hydrogen) atoms. The van der Waals surface area contributed by atoms with Crippen LogP contribution in [0.2, 0.25) is 0 Å². The number of likely N-dealkylation sites (N-methyl/N-ethyl adjacent to an activating group) is 1. The van der Waals surface area contributed by atoms with Crippen LogP contribution in [-0.4, -0.2) is 79.0 Å². The van der Waals surface area contributed by atoms with E-state index in [9.17, 15) is 13.2 Å². The first kappa shape index (κ1) is 24.7. The van der Waals surface area contributed by atoms with Gasteiger partial charge in [-0.3, -0.25) is 9.69 Å². The molecule has 0 saturated heterocycles. The predicted octanol–water partition coefficient (Wildman–Crippen LogP) is 2.93. The highest BCUT2D eigenvalue weighted by atomic mass is 32.2.